The summed E-state index contributed by atoms with van der Waals surface area (Å²) < 4.78 is 1.98. The van der Waals surface area contributed by atoms with Gasteiger partial charge in [-0.1, -0.05) is 17.7 Å². The predicted octanol–water partition coefficient (Wildman–Crippen LogP) is 2.35. The second-order valence-electron chi connectivity index (χ2n) is 5.87. The van der Waals surface area contributed by atoms with Crippen molar-refractivity contribution < 1.29 is 4.79 Å². The molecular weight excluding hydrogens is 340 g/mol. The lowest BCUT2D eigenvalue weighted by Gasteiger charge is -2.28. The highest BCUT2D eigenvalue weighted by Crippen LogP contribution is 2.22. The number of halogens is 1. The number of rotatable bonds is 2. The maximum Gasteiger partial charge on any atom is 0.254 e. The molecule has 2 aromatic heterocycles. The molecule has 126 valence electrons. The molecule has 0 aliphatic carbocycles. The Morgan fingerprint density at radius 1 is 1.20 bits per heavy atom. The van der Waals surface area contributed by atoms with Gasteiger partial charge in [-0.25, -0.2) is 4.98 Å². The van der Waals surface area contributed by atoms with E-state index in [0.29, 0.717) is 41.7 Å². The van der Waals surface area contributed by atoms with Crippen LogP contribution >= 0.6 is 11.6 Å². The van der Waals surface area contributed by atoms with Gasteiger partial charge in [0.25, 0.3) is 5.91 Å². The molecule has 3 heterocycles. The first-order valence-corrected chi connectivity index (χ1v) is 8.25. The zero-order valence-electron chi connectivity index (χ0n) is 13.6. The smallest absolute Gasteiger partial charge is 0.254 e. The molecule has 0 spiro atoms. The standard InChI is InChI=1S/C17H15ClN6O/c1-11-2-3-12(8-13(11)18)17(25)23-6-7-24-15(10-23)21-22-16(24)14-9-19-4-5-20-14/h2-5,8-9H,6-7,10H2,1H3. The van der Waals surface area contributed by atoms with Gasteiger partial charge in [-0.15, -0.1) is 10.2 Å². The van der Waals surface area contributed by atoms with E-state index in [1.807, 2.05) is 17.6 Å². The molecule has 1 aliphatic rings. The van der Waals surface area contributed by atoms with Crippen LogP contribution in [0.1, 0.15) is 21.7 Å². The van der Waals surface area contributed by atoms with Crippen LogP contribution in [0.4, 0.5) is 0 Å². The van der Waals surface area contributed by atoms with Crippen molar-refractivity contribution in [2.24, 2.45) is 0 Å². The van der Waals surface area contributed by atoms with Crippen LogP contribution < -0.4 is 0 Å². The van der Waals surface area contributed by atoms with Crippen molar-refractivity contribution in [2.75, 3.05) is 6.54 Å². The number of hydrogen-bond donors (Lipinski definition) is 0. The quantitative estimate of drug-likeness (QED) is 0.706. The van der Waals surface area contributed by atoms with E-state index in [-0.39, 0.29) is 5.91 Å². The number of amides is 1. The molecule has 3 aromatic rings. The fourth-order valence-electron chi connectivity index (χ4n) is 2.84. The maximum atomic E-state index is 12.7. The molecule has 4 rings (SSSR count). The van der Waals surface area contributed by atoms with Gasteiger partial charge < -0.3 is 9.47 Å². The van der Waals surface area contributed by atoms with Crippen LogP contribution in [0.25, 0.3) is 11.5 Å². The molecule has 1 aliphatic heterocycles. The first kappa shape index (κ1) is 15.7. The Morgan fingerprint density at radius 2 is 2.08 bits per heavy atom. The molecule has 0 bridgehead atoms. The lowest BCUT2D eigenvalue weighted by atomic mass is 10.1. The molecule has 1 aromatic carbocycles. The van der Waals surface area contributed by atoms with Crippen molar-refractivity contribution >= 4 is 17.5 Å². The van der Waals surface area contributed by atoms with Gasteiger partial charge in [0, 0.05) is 36.1 Å². The molecule has 0 saturated carbocycles. The number of benzene rings is 1. The SMILES string of the molecule is Cc1ccc(C(=O)N2CCn3c(nnc3-c3cnccn3)C2)cc1Cl. The van der Waals surface area contributed by atoms with Gasteiger partial charge in [-0.3, -0.25) is 9.78 Å². The van der Waals surface area contributed by atoms with Crippen LogP contribution in [0.5, 0.6) is 0 Å². The third kappa shape index (κ3) is 2.87. The molecule has 8 heteroatoms. The Hall–Kier alpha value is -2.80. The number of nitrogens with zero attached hydrogens (tertiary/aromatic N) is 6. The Bertz CT molecular complexity index is 940. The zero-order chi connectivity index (χ0) is 17.4. The minimum atomic E-state index is -0.0581. The number of fused-ring (bicyclic) bond motifs is 1. The molecular formula is C17H15ClN6O. The van der Waals surface area contributed by atoms with Crippen molar-refractivity contribution in [3.05, 3.63) is 58.8 Å². The number of carbonyl (C=O) groups is 1. The fraction of sp³-hybridized carbons (Fsp3) is 0.235. The average molecular weight is 355 g/mol. The zero-order valence-corrected chi connectivity index (χ0v) is 14.3. The van der Waals surface area contributed by atoms with Gasteiger partial charge in [0.2, 0.25) is 0 Å². The summed E-state index contributed by atoms with van der Waals surface area (Å²) >= 11 is 6.14. The van der Waals surface area contributed by atoms with E-state index in [0.717, 1.165) is 11.4 Å². The first-order valence-electron chi connectivity index (χ1n) is 7.87. The second kappa shape index (κ2) is 6.25. The Labute approximate surface area is 149 Å². The van der Waals surface area contributed by atoms with Crippen molar-refractivity contribution in [3.63, 3.8) is 0 Å². The summed E-state index contributed by atoms with van der Waals surface area (Å²) in [4.78, 5) is 22.8. The van der Waals surface area contributed by atoms with Crippen LogP contribution in [0, 0.1) is 6.92 Å². The number of aryl methyl sites for hydroxylation is 1. The molecule has 0 fully saturated rings. The topological polar surface area (TPSA) is 76.8 Å². The van der Waals surface area contributed by atoms with Gasteiger partial charge in [0.1, 0.15) is 5.69 Å². The summed E-state index contributed by atoms with van der Waals surface area (Å²) in [5.74, 6) is 1.35. The monoisotopic (exact) mass is 354 g/mol. The minimum Gasteiger partial charge on any atom is -0.329 e. The highest BCUT2D eigenvalue weighted by Gasteiger charge is 2.26. The second-order valence-corrected chi connectivity index (χ2v) is 6.28. The van der Waals surface area contributed by atoms with Crippen molar-refractivity contribution in [3.8, 4) is 11.5 Å². The van der Waals surface area contributed by atoms with E-state index in [4.69, 9.17) is 11.6 Å². The van der Waals surface area contributed by atoms with Gasteiger partial charge in [-0.2, -0.15) is 0 Å². The minimum absolute atomic E-state index is 0.0581. The van der Waals surface area contributed by atoms with E-state index in [2.05, 4.69) is 20.2 Å². The normalized spacial score (nSPS) is 13.6. The summed E-state index contributed by atoms with van der Waals surface area (Å²) in [6, 6.07) is 5.37. The van der Waals surface area contributed by atoms with Gasteiger partial charge in [-0.05, 0) is 24.6 Å². The summed E-state index contributed by atoms with van der Waals surface area (Å²) in [5.41, 5.74) is 2.20. The van der Waals surface area contributed by atoms with Crippen LogP contribution in [0.15, 0.2) is 36.8 Å². The Kier molecular flexibility index (Phi) is 3.93. The van der Waals surface area contributed by atoms with E-state index in [1.54, 1.807) is 35.6 Å². The van der Waals surface area contributed by atoms with Crippen molar-refractivity contribution in [1.82, 2.24) is 29.6 Å². The van der Waals surface area contributed by atoms with Crippen molar-refractivity contribution in [1.29, 1.82) is 0 Å². The van der Waals surface area contributed by atoms with Crippen LogP contribution in [-0.2, 0) is 13.1 Å². The highest BCUT2D eigenvalue weighted by atomic mass is 35.5. The van der Waals surface area contributed by atoms with Crippen LogP contribution in [-0.4, -0.2) is 42.1 Å². The predicted molar refractivity (Wildman–Crippen MR) is 92.0 cm³/mol. The number of carbonyl (C=O) groups excluding carboxylic acids is 1. The highest BCUT2D eigenvalue weighted by molar-refractivity contribution is 6.31. The Balaban J connectivity index is 1.58. The third-order valence-corrected chi connectivity index (χ3v) is 4.66. The largest absolute Gasteiger partial charge is 0.329 e. The van der Waals surface area contributed by atoms with E-state index in [9.17, 15) is 4.79 Å². The van der Waals surface area contributed by atoms with Gasteiger partial charge in [0.05, 0.1) is 12.7 Å². The lowest BCUT2D eigenvalue weighted by molar-refractivity contribution is 0.0708. The molecule has 0 unspecified atom stereocenters. The molecule has 0 atom stereocenters. The summed E-state index contributed by atoms with van der Waals surface area (Å²) in [6.07, 6.45) is 4.89. The summed E-state index contributed by atoms with van der Waals surface area (Å²) in [6.45, 7) is 3.49. The van der Waals surface area contributed by atoms with E-state index < -0.39 is 0 Å². The van der Waals surface area contributed by atoms with E-state index >= 15 is 0 Å². The summed E-state index contributed by atoms with van der Waals surface area (Å²) in [7, 11) is 0. The van der Waals surface area contributed by atoms with Crippen molar-refractivity contribution in [2.45, 2.75) is 20.0 Å². The first-order chi connectivity index (χ1) is 12.1. The Morgan fingerprint density at radius 3 is 2.84 bits per heavy atom. The number of hydrogen-bond acceptors (Lipinski definition) is 5. The lowest BCUT2D eigenvalue weighted by Crippen LogP contribution is -2.38. The molecule has 0 saturated heterocycles. The van der Waals surface area contributed by atoms with Gasteiger partial charge >= 0.3 is 0 Å². The molecule has 25 heavy (non-hydrogen) atoms. The van der Waals surface area contributed by atoms with E-state index in [1.165, 1.54) is 0 Å². The molecule has 0 N–H and O–H groups in total. The summed E-state index contributed by atoms with van der Waals surface area (Å²) in [5, 5.41) is 9.02. The molecule has 1 amide bonds. The van der Waals surface area contributed by atoms with Gasteiger partial charge in [0.15, 0.2) is 11.6 Å². The number of aromatic nitrogens is 5. The third-order valence-electron chi connectivity index (χ3n) is 4.25. The molecule has 0 radical (unpaired) electrons. The molecule has 7 nitrogen and oxygen atoms in total. The maximum absolute atomic E-state index is 12.7. The average Bonchev–Trinajstić information content (AvgIpc) is 3.07. The van der Waals surface area contributed by atoms with Crippen LogP contribution in [0.2, 0.25) is 5.02 Å². The van der Waals surface area contributed by atoms with Crippen LogP contribution in [0.3, 0.4) is 0 Å². The fourth-order valence-corrected chi connectivity index (χ4v) is 3.02.